The summed E-state index contributed by atoms with van der Waals surface area (Å²) in [6, 6.07) is 11.6. The van der Waals surface area contributed by atoms with E-state index in [1.807, 2.05) is 0 Å². The van der Waals surface area contributed by atoms with Crippen molar-refractivity contribution in [3.63, 3.8) is 0 Å². The Morgan fingerprint density at radius 3 is 1.83 bits per heavy atom. The van der Waals surface area contributed by atoms with E-state index in [2.05, 4.69) is 0 Å². The van der Waals surface area contributed by atoms with Crippen LogP contribution in [0.4, 0.5) is 0 Å². The molecular formula is C19H12Cl4O5S. The van der Waals surface area contributed by atoms with Crippen molar-refractivity contribution in [3.8, 4) is 11.5 Å². The van der Waals surface area contributed by atoms with E-state index in [4.69, 9.17) is 46.4 Å². The number of benzene rings is 3. The first kappa shape index (κ1) is 22.0. The average Bonchev–Trinajstić information content (AvgIpc) is 2.62. The van der Waals surface area contributed by atoms with E-state index in [1.165, 1.54) is 54.6 Å². The van der Waals surface area contributed by atoms with Crippen LogP contribution in [0.1, 0.15) is 16.7 Å². The van der Waals surface area contributed by atoms with Gasteiger partial charge >= 0.3 is 0 Å². The van der Waals surface area contributed by atoms with Gasteiger partial charge in [-0.1, -0.05) is 70.7 Å². The van der Waals surface area contributed by atoms with E-state index in [9.17, 15) is 23.2 Å². The van der Waals surface area contributed by atoms with E-state index in [-0.39, 0.29) is 36.8 Å². The van der Waals surface area contributed by atoms with Gasteiger partial charge in [0.15, 0.2) is 4.75 Å². The third-order valence-electron chi connectivity index (χ3n) is 4.40. The summed E-state index contributed by atoms with van der Waals surface area (Å²) in [5, 5.41) is 20.6. The molecule has 0 spiro atoms. The molecular weight excluding hydrogens is 482 g/mol. The molecule has 152 valence electrons. The summed E-state index contributed by atoms with van der Waals surface area (Å²) in [5.74, 6) is -1.02. The molecule has 29 heavy (non-hydrogen) atoms. The smallest absolute Gasteiger partial charge is 0.283 e. The van der Waals surface area contributed by atoms with Gasteiger partial charge in [0.1, 0.15) is 11.5 Å². The minimum Gasteiger partial charge on any atom is -0.508 e. The largest absolute Gasteiger partial charge is 0.508 e. The van der Waals surface area contributed by atoms with Crippen molar-refractivity contribution in [2.24, 2.45) is 0 Å². The fraction of sp³-hybridized carbons (Fsp3) is 0.0526. The number of para-hydroxylation sites is 1. The van der Waals surface area contributed by atoms with Crippen LogP contribution in [0.5, 0.6) is 11.5 Å². The van der Waals surface area contributed by atoms with Gasteiger partial charge in [0, 0.05) is 16.1 Å². The zero-order valence-corrected chi connectivity index (χ0v) is 18.1. The third kappa shape index (κ3) is 3.54. The topological polar surface area (TPSA) is 94.8 Å². The number of aromatic hydroxyl groups is 2. The van der Waals surface area contributed by atoms with Crippen molar-refractivity contribution < 1.29 is 23.2 Å². The molecule has 5 nitrogen and oxygen atoms in total. The second kappa shape index (κ2) is 7.87. The molecule has 10 heteroatoms. The molecule has 0 aliphatic heterocycles. The Hall–Kier alpha value is -1.67. The third-order valence-corrected chi connectivity index (χ3v) is 7.35. The monoisotopic (exact) mass is 492 g/mol. The molecule has 3 rings (SSSR count). The average molecular weight is 494 g/mol. The van der Waals surface area contributed by atoms with Crippen molar-refractivity contribution in [2.75, 3.05) is 0 Å². The normalized spacial score (nSPS) is 13.8. The summed E-state index contributed by atoms with van der Waals surface area (Å²) in [5.41, 5.74) is -0.857. The van der Waals surface area contributed by atoms with Crippen LogP contribution in [0.15, 0.2) is 54.6 Å². The molecule has 0 radical (unpaired) electrons. The molecule has 0 aliphatic rings. The van der Waals surface area contributed by atoms with Gasteiger partial charge < -0.3 is 10.2 Å². The molecule has 0 fully saturated rings. The summed E-state index contributed by atoms with van der Waals surface area (Å²) in [4.78, 5) is 0. The number of halogens is 4. The lowest BCUT2D eigenvalue weighted by molar-refractivity contribution is 0.428. The summed E-state index contributed by atoms with van der Waals surface area (Å²) in [7, 11) is -5.16. The van der Waals surface area contributed by atoms with Crippen LogP contribution in [0.2, 0.25) is 20.1 Å². The Balaban J connectivity index is 2.66. The van der Waals surface area contributed by atoms with Crippen LogP contribution in [0.3, 0.4) is 0 Å². The van der Waals surface area contributed by atoms with Crippen molar-refractivity contribution in [3.05, 3.63) is 91.4 Å². The lowest BCUT2D eigenvalue weighted by atomic mass is 9.83. The molecule has 0 aliphatic carbocycles. The van der Waals surface area contributed by atoms with Crippen molar-refractivity contribution in [1.29, 1.82) is 0 Å². The highest BCUT2D eigenvalue weighted by Gasteiger charge is 2.53. The Morgan fingerprint density at radius 2 is 1.31 bits per heavy atom. The number of hydrogen-bond donors (Lipinski definition) is 3. The lowest BCUT2D eigenvalue weighted by Gasteiger charge is -2.34. The van der Waals surface area contributed by atoms with E-state index in [0.717, 1.165) is 0 Å². The molecule has 3 aromatic rings. The molecule has 1 unspecified atom stereocenters. The van der Waals surface area contributed by atoms with Crippen LogP contribution < -0.4 is 0 Å². The Morgan fingerprint density at radius 1 is 0.759 bits per heavy atom. The quantitative estimate of drug-likeness (QED) is 0.239. The Labute approximate surface area is 186 Å². The summed E-state index contributed by atoms with van der Waals surface area (Å²) >= 11 is 24.5. The number of rotatable bonds is 4. The fourth-order valence-corrected chi connectivity index (χ4v) is 5.54. The van der Waals surface area contributed by atoms with Gasteiger partial charge in [-0.2, -0.15) is 8.42 Å². The SMILES string of the molecule is O=S(=O)(O)C(c1cc(Cl)c(Cl)c(Cl)c1)(c1ccccc1O)c1c(O)cccc1Cl. The fourth-order valence-electron chi connectivity index (χ4n) is 3.24. The Kier molecular flexibility index (Phi) is 5.98. The first-order valence-electron chi connectivity index (χ1n) is 7.90. The van der Waals surface area contributed by atoms with Crippen LogP contribution in [0, 0.1) is 0 Å². The van der Waals surface area contributed by atoms with E-state index in [1.54, 1.807) is 0 Å². The van der Waals surface area contributed by atoms with E-state index < -0.39 is 26.4 Å². The first-order chi connectivity index (χ1) is 13.5. The van der Waals surface area contributed by atoms with Crippen molar-refractivity contribution in [1.82, 2.24) is 0 Å². The molecule has 0 aromatic heterocycles. The van der Waals surface area contributed by atoms with Crippen LogP contribution >= 0.6 is 46.4 Å². The highest BCUT2D eigenvalue weighted by molar-refractivity contribution is 7.87. The minimum absolute atomic E-state index is 0.0398. The standard InChI is InChI=1S/C19H12Cl4O5S/c20-12-5-3-7-16(25)17(12)19(29(26,27)28,11-4-1-2-6-15(11)24)10-8-13(21)18(23)14(22)9-10/h1-9,24-25H,(H,26,27,28). The summed E-state index contributed by atoms with van der Waals surface area (Å²) < 4.78 is 33.9. The zero-order chi connectivity index (χ0) is 21.6. The lowest BCUT2D eigenvalue weighted by Crippen LogP contribution is -2.38. The first-order valence-corrected chi connectivity index (χ1v) is 10.9. The minimum atomic E-state index is -5.16. The highest BCUT2D eigenvalue weighted by Crippen LogP contribution is 2.53. The van der Waals surface area contributed by atoms with E-state index >= 15 is 0 Å². The van der Waals surface area contributed by atoms with Gasteiger partial charge in [-0.05, 0) is 35.9 Å². The number of phenolic OH excluding ortho intramolecular Hbond substituents is 2. The van der Waals surface area contributed by atoms with E-state index in [0.29, 0.717) is 0 Å². The molecule has 0 amide bonds. The second-order valence-corrected chi connectivity index (χ2v) is 9.22. The summed E-state index contributed by atoms with van der Waals surface area (Å²) in [6.45, 7) is 0. The predicted molar refractivity (Wildman–Crippen MR) is 114 cm³/mol. The molecule has 0 saturated heterocycles. The predicted octanol–water partition coefficient (Wildman–Crippen LogP) is 5.89. The zero-order valence-electron chi connectivity index (χ0n) is 14.3. The van der Waals surface area contributed by atoms with Gasteiger partial charge in [-0.3, -0.25) is 4.55 Å². The van der Waals surface area contributed by atoms with Gasteiger partial charge in [0.05, 0.1) is 15.1 Å². The molecule has 3 N–H and O–H groups in total. The van der Waals surface area contributed by atoms with Crippen molar-refractivity contribution in [2.45, 2.75) is 4.75 Å². The van der Waals surface area contributed by atoms with Gasteiger partial charge in [0.2, 0.25) is 0 Å². The number of phenols is 2. The van der Waals surface area contributed by atoms with Crippen LogP contribution in [0.25, 0.3) is 0 Å². The Bertz CT molecular complexity index is 1170. The highest BCUT2D eigenvalue weighted by atomic mass is 35.5. The molecule has 0 heterocycles. The maximum Gasteiger partial charge on any atom is 0.283 e. The van der Waals surface area contributed by atoms with Gasteiger partial charge in [0.25, 0.3) is 10.1 Å². The molecule has 0 saturated carbocycles. The molecule has 3 aromatic carbocycles. The molecule has 1 atom stereocenters. The second-order valence-electron chi connectivity index (χ2n) is 6.06. The van der Waals surface area contributed by atoms with Gasteiger partial charge in [-0.25, -0.2) is 0 Å². The van der Waals surface area contributed by atoms with Crippen molar-refractivity contribution >= 4 is 56.5 Å². The number of hydrogen-bond acceptors (Lipinski definition) is 4. The van der Waals surface area contributed by atoms with Gasteiger partial charge in [-0.15, -0.1) is 0 Å². The molecule has 0 bridgehead atoms. The maximum atomic E-state index is 13.0. The summed E-state index contributed by atoms with van der Waals surface area (Å²) in [6.07, 6.45) is 0. The van der Waals surface area contributed by atoms with Crippen LogP contribution in [-0.4, -0.2) is 23.2 Å². The maximum absolute atomic E-state index is 13.0. The van der Waals surface area contributed by atoms with Crippen LogP contribution in [-0.2, 0) is 14.9 Å².